The van der Waals surface area contributed by atoms with Crippen LogP contribution in [0.25, 0.3) is 11.1 Å². The number of rotatable bonds is 5. The van der Waals surface area contributed by atoms with Gasteiger partial charge in [-0.2, -0.15) is 0 Å². The lowest BCUT2D eigenvalue weighted by Crippen LogP contribution is -2.21. The number of hydrogen-bond donors (Lipinski definition) is 4. The lowest BCUT2D eigenvalue weighted by molar-refractivity contribution is 0.266. The van der Waals surface area contributed by atoms with Crippen LogP contribution in [0.15, 0.2) is 48.5 Å². The number of aliphatic hydroxyl groups excluding tert-OH is 2. The monoisotopic (exact) mass is 309 g/mol. The number of benzene rings is 2. The lowest BCUT2D eigenvalue weighted by Gasteiger charge is -2.04. The fraction of sp³-hybridized carbons (Fsp3) is 0.250. The first-order valence-corrected chi connectivity index (χ1v) is 7.03. The highest BCUT2D eigenvalue weighted by atomic mass is 35.5. The second-order valence-corrected chi connectivity index (χ2v) is 4.66. The van der Waals surface area contributed by atoms with E-state index in [0.29, 0.717) is 18.1 Å². The van der Waals surface area contributed by atoms with Gasteiger partial charge in [0.2, 0.25) is 0 Å². The van der Waals surface area contributed by atoms with E-state index in [4.69, 9.17) is 21.8 Å². The minimum Gasteiger partial charge on any atom is -0.507 e. The summed E-state index contributed by atoms with van der Waals surface area (Å²) in [5.41, 5.74) is 1.73. The third-order valence-corrected chi connectivity index (χ3v) is 2.86. The van der Waals surface area contributed by atoms with Crippen molar-refractivity contribution in [2.45, 2.75) is 0 Å². The van der Waals surface area contributed by atoms with E-state index in [9.17, 15) is 5.11 Å². The van der Waals surface area contributed by atoms with E-state index in [1.807, 2.05) is 30.3 Å². The first-order valence-electron chi connectivity index (χ1n) is 6.65. The van der Waals surface area contributed by atoms with Crippen molar-refractivity contribution in [1.29, 1.82) is 0 Å². The Morgan fingerprint density at radius 1 is 0.905 bits per heavy atom. The Kier molecular flexibility index (Phi) is 8.47. The first kappa shape index (κ1) is 17.5. The van der Waals surface area contributed by atoms with E-state index < -0.39 is 0 Å². The van der Waals surface area contributed by atoms with Gasteiger partial charge in [0, 0.05) is 23.7 Å². The maximum atomic E-state index is 9.63. The molecule has 0 fully saturated rings. The molecule has 2 aromatic carbocycles. The molecule has 0 aliphatic rings. The van der Waals surface area contributed by atoms with Crippen LogP contribution in [-0.2, 0) is 0 Å². The predicted octanol–water partition coefficient (Wildman–Crippen LogP) is 2.27. The second kappa shape index (κ2) is 10.2. The van der Waals surface area contributed by atoms with Crippen molar-refractivity contribution in [3.63, 3.8) is 0 Å². The van der Waals surface area contributed by atoms with Gasteiger partial charge in [-0.25, -0.2) is 0 Å². The Balaban J connectivity index is 0.000000270. The zero-order valence-electron chi connectivity index (χ0n) is 11.7. The Bertz CT molecular complexity index is 516. The van der Waals surface area contributed by atoms with E-state index in [2.05, 4.69) is 5.32 Å². The van der Waals surface area contributed by atoms with Gasteiger partial charge in [0.25, 0.3) is 0 Å². The molecule has 0 aromatic heterocycles. The zero-order chi connectivity index (χ0) is 15.5. The second-order valence-electron chi connectivity index (χ2n) is 4.22. The molecular weight excluding hydrogens is 290 g/mol. The van der Waals surface area contributed by atoms with E-state index in [1.54, 1.807) is 18.2 Å². The number of aromatic hydroxyl groups is 1. The van der Waals surface area contributed by atoms with Crippen molar-refractivity contribution in [3.05, 3.63) is 53.6 Å². The molecule has 0 spiro atoms. The smallest absolute Gasteiger partial charge is 0.123 e. The van der Waals surface area contributed by atoms with Crippen LogP contribution in [0.4, 0.5) is 0 Å². The number of phenols is 1. The fourth-order valence-corrected chi connectivity index (χ4v) is 1.81. The minimum absolute atomic E-state index is 0.139. The molecular formula is C16H20ClNO3. The molecule has 114 valence electrons. The van der Waals surface area contributed by atoms with Gasteiger partial charge < -0.3 is 20.6 Å². The number of hydrogen-bond acceptors (Lipinski definition) is 4. The van der Waals surface area contributed by atoms with Gasteiger partial charge >= 0.3 is 0 Å². The predicted molar refractivity (Wildman–Crippen MR) is 85.6 cm³/mol. The number of phenolic OH excluding ortho intramolecular Hbond substituents is 1. The van der Waals surface area contributed by atoms with Crippen molar-refractivity contribution in [2.24, 2.45) is 0 Å². The van der Waals surface area contributed by atoms with Crippen LogP contribution >= 0.6 is 11.6 Å². The quantitative estimate of drug-likeness (QED) is 0.639. The standard InChI is InChI=1S/C12H9ClO.C4H11NO2/c13-10-6-7-12(14)11(8-10)9-4-2-1-3-5-9;6-3-1-5-2-4-7/h1-8,14H;5-7H,1-4H2. The fourth-order valence-electron chi connectivity index (χ4n) is 1.64. The molecule has 0 aliphatic heterocycles. The summed E-state index contributed by atoms with van der Waals surface area (Å²) in [7, 11) is 0. The van der Waals surface area contributed by atoms with Crippen LogP contribution < -0.4 is 5.32 Å². The van der Waals surface area contributed by atoms with E-state index in [-0.39, 0.29) is 19.0 Å². The molecule has 5 heteroatoms. The summed E-state index contributed by atoms with van der Waals surface area (Å²) in [6, 6.07) is 14.7. The van der Waals surface area contributed by atoms with Gasteiger partial charge in [0.15, 0.2) is 0 Å². The first-order chi connectivity index (χ1) is 10.2. The average molecular weight is 310 g/mol. The number of halogens is 1. The highest BCUT2D eigenvalue weighted by Gasteiger charge is 2.03. The van der Waals surface area contributed by atoms with Crippen molar-refractivity contribution in [2.75, 3.05) is 26.3 Å². The molecule has 0 aliphatic carbocycles. The SMILES string of the molecule is OCCNCCO.Oc1ccc(Cl)cc1-c1ccccc1. The third-order valence-electron chi connectivity index (χ3n) is 2.62. The van der Waals surface area contributed by atoms with Crippen LogP contribution in [0, 0.1) is 0 Å². The summed E-state index contributed by atoms with van der Waals surface area (Å²) in [4.78, 5) is 0. The van der Waals surface area contributed by atoms with Crippen molar-refractivity contribution in [3.8, 4) is 16.9 Å². The van der Waals surface area contributed by atoms with E-state index in [1.165, 1.54) is 0 Å². The van der Waals surface area contributed by atoms with Gasteiger partial charge in [-0.05, 0) is 23.8 Å². The van der Waals surface area contributed by atoms with Crippen molar-refractivity contribution >= 4 is 11.6 Å². The molecule has 0 atom stereocenters. The normalized spacial score (nSPS) is 9.86. The van der Waals surface area contributed by atoms with Crippen LogP contribution in [0.1, 0.15) is 0 Å². The van der Waals surface area contributed by atoms with Crippen molar-refractivity contribution in [1.82, 2.24) is 5.32 Å². The van der Waals surface area contributed by atoms with E-state index in [0.717, 1.165) is 11.1 Å². The zero-order valence-corrected chi connectivity index (χ0v) is 12.4. The molecule has 2 rings (SSSR count). The minimum atomic E-state index is 0.139. The average Bonchev–Trinajstić information content (AvgIpc) is 2.52. The summed E-state index contributed by atoms with van der Waals surface area (Å²) in [5.74, 6) is 0.251. The summed E-state index contributed by atoms with van der Waals surface area (Å²) >= 11 is 5.86. The molecule has 0 amide bonds. The molecule has 0 bridgehead atoms. The number of nitrogens with one attached hydrogen (secondary N) is 1. The molecule has 0 saturated carbocycles. The summed E-state index contributed by atoms with van der Waals surface area (Å²) in [5, 5.41) is 29.3. The molecule has 0 heterocycles. The highest BCUT2D eigenvalue weighted by Crippen LogP contribution is 2.31. The topological polar surface area (TPSA) is 72.7 Å². The van der Waals surface area contributed by atoms with Crippen LogP contribution in [-0.4, -0.2) is 41.6 Å². The largest absolute Gasteiger partial charge is 0.507 e. The molecule has 4 nitrogen and oxygen atoms in total. The summed E-state index contributed by atoms with van der Waals surface area (Å²) in [6.45, 7) is 1.42. The molecule has 0 unspecified atom stereocenters. The van der Waals surface area contributed by atoms with Gasteiger partial charge in [-0.3, -0.25) is 0 Å². The Hall–Kier alpha value is -1.59. The van der Waals surface area contributed by atoms with Crippen LogP contribution in [0.5, 0.6) is 5.75 Å². The highest BCUT2D eigenvalue weighted by molar-refractivity contribution is 6.30. The van der Waals surface area contributed by atoms with E-state index >= 15 is 0 Å². The Morgan fingerprint density at radius 2 is 1.52 bits per heavy atom. The summed E-state index contributed by atoms with van der Waals surface area (Å²) in [6.07, 6.45) is 0. The molecule has 2 aromatic rings. The Labute approximate surface area is 129 Å². The van der Waals surface area contributed by atoms with Crippen LogP contribution in [0.2, 0.25) is 5.02 Å². The summed E-state index contributed by atoms with van der Waals surface area (Å²) < 4.78 is 0. The maximum absolute atomic E-state index is 9.63. The number of aliphatic hydroxyl groups is 2. The maximum Gasteiger partial charge on any atom is 0.123 e. The third kappa shape index (κ3) is 6.60. The molecule has 0 radical (unpaired) electrons. The van der Waals surface area contributed by atoms with Gasteiger partial charge in [0.05, 0.1) is 13.2 Å². The van der Waals surface area contributed by atoms with Gasteiger partial charge in [-0.1, -0.05) is 41.9 Å². The molecule has 0 saturated heterocycles. The van der Waals surface area contributed by atoms with Crippen LogP contribution in [0.3, 0.4) is 0 Å². The lowest BCUT2D eigenvalue weighted by atomic mass is 10.1. The van der Waals surface area contributed by atoms with Crippen molar-refractivity contribution < 1.29 is 15.3 Å². The molecule has 21 heavy (non-hydrogen) atoms. The Morgan fingerprint density at radius 3 is 2.10 bits per heavy atom. The molecule has 4 N–H and O–H groups in total. The van der Waals surface area contributed by atoms with Gasteiger partial charge in [-0.15, -0.1) is 0 Å². The van der Waals surface area contributed by atoms with Gasteiger partial charge in [0.1, 0.15) is 5.75 Å².